The second-order valence-corrected chi connectivity index (χ2v) is 4.03. The summed E-state index contributed by atoms with van der Waals surface area (Å²) in [4.78, 5) is 12.6. The maximum atomic E-state index is 11.1. The van der Waals surface area contributed by atoms with E-state index in [-0.39, 0.29) is 24.5 Å². The SMILES string of the molecule is C=C(C)C(=O)OC1C[NH+](C(C)C)C1.[Cl-]. The maximum absolute atomic E-state index is 11.1. The number of ether oxygens (including phenoxy) is 1. The predicted molar refractivity (Wildman–Crippen MR) is 50.5 cm³/mol. The Labute approximate surface area is 91.5 Å². The Morgan fingerprint density at radius 2 is 2.00 bits per heavy atom. The molecule has 0 aliphatic carbocycles. The van der Waals surface area contributed by atoms with Crippen molar-refractivity contribution in [2.24, 2.45) is 0 Å². The number of carbonyl (C=O) groups excluding carboxylic acids is 1. The van der Waals surface area contributed by atoms with Crippen LogP contribution in [0.1, 0.15) is 20.8 Å². The normalized spacial score (nSPS) is 24.9. The molecule has 1 rings (SSSR count). The topological polar surface area (TPSA) is 30.7 Å². The number of carbonyl (C=O) groups is 1. The lowest BCUT2D eigenvalue weighted by molar-refractivity contribution is -0.967. The van der Waals surface area contributed by atoms with Crippen molar-refractivity contribution in [2.45, 2.75) is 32.9 Å². The molecule has 0 atom stereocenters. The quantitative estimate of drug-likeness (QED) is 0.400. The molecule has 0 radical (unpaired) electrons. The van der Waals surface area contributed by atoms with Gasteiger partial charge in [0.25, 0.3) is 0 Å². The Balaban J connectivity index is 0.00000169. The lowest BCUT2D eigenvalue weighted by Crippen LogP contribution is -3.23. The van der Waals surface area contributed by atoms with Gasteiger partial charge in [-0.2, -0.15) is 0 Å². The third-order valence-electron chi connectivity index (χ3n) is 2.42. The second-order valence-electron chi connectivity index (χ2n) is 4.03. The summed E-state index contributed by atoms with van der Waals surface area (Å²) in [5, 5.41) is 0. The highest BCUT2D eigenvalue weighted by atomic mass is 35.5. The zero-order valence-corrected chi connectivity index (χ0v) is 9.73. The number of rotatable bonds is 3. The zero-order chi connectivity index (χ0) is 10.0. The molecule has 0 aromatic heterocycles. The Hall–Kier alpha value is -0.540. The number of halogens is 1. The van der Waals surface area contributed by atoms with Gasteiger partial charge in [0.05, 0.1) is 6.04 Å². The van der Waals surface area contributed by atoms with Gasteiger partial charge in [-0.3, -0.25) is 0 Å². The van der Waals surface area contributed by atoms with Crippen molar-refractivity contribution in [1.29, 1.82) is 0 Å². The number of hydrogen-bond acceptors (Lipinski definition) is 2. The fourth-order valence-electron chi connectivity index (χ4n) is 1.33. The Bertz CT molecular complexity index is 222. The van der Waals surface area contributed by atoms with Crippen LogP contribution in [0, 0.1) is 0 Å². The van der Waals surface area contributed by atoms with Crippen molar-refractivity contribution in [1.82, 2.24) is 0 Å². The van der Waals surface area contributed by atoms with Gasteiger partial charge in [-0.15, -0.1) is 0 Å². The summed E-state index contributed by atoms with van der Waals surface area (Å²) >= 11 is 0. The molecule has 1 aliphatic heterocycles. The fourth-order valence-corrected chi connectivity index (χ4v) is 1.33. The van der Waals surface area contributed by atoms with Crippen LogP contribution in [0.2, 0.25) is 0 Å². The van der Waals surface area contributed by atoms with Crippen LogP contribution in [0.15, 0.2) is 12.2 Å². The van der Waals surface area contributed by atoms with E-state index in [4.69, 9.17) is 4.74 Å². The van der Waals surface area contributed by atoms with E-state index in [2.05, 4.69) is 20.4 Å². The molecule has 82 valence electrons. The van der Waals surface area contributed by atoms with Gasteiger partial charge in [0.15, 0.2) is 6.10 Å². The fraction of sp³-hybridized carbons (Fsp3) is 0.700. The molecule has 1 saturated heterocycles. The maximum Gasteiger partial charge on any atom is 0.333 e. The monoisotopic (exact) mass is 219 g/mol. The first-order valence-electron chi connectivity index (χ1n) is 4.71. The highest BCUT2D eigenvalue weighted by molar-refractivity contribution is 5.87. The standard InChI is InChI=1S/C10H17NO2.ClH/c1-7(2)10(12)13-9-5-11(6-9)8(3)4;/h8-9H,1,5-6H2,2-4H3;1H. The van der Waals surface area contributed by atoms with Gasteiger partial charge in [0.1, 0.15) is 13.1 Å². The molecule has 0 saturated carbocycles. The third kappa shape index (κ3) is 3.31. The van der Waals surface area contributed by atoms with Gasteiger partial charge >= 0.3 is 5.97 Å². The molecule has 0 spiro atoms. The molecule has 0 unspecified atom stereocenters. The van der Waals surface area contributed by atoms with E-state index in [0.29, 0.717) is 11.6 Å². The first kappa shape index (κ1) is 13.5. The van der Waals surface area contributed by atoms with Crippen molar-refractivity contribution in [3.8, 4) is 0 Å². The summed E-state index contributed by atoms with van der Waals surface area (Å²) in [7, 11) is 0. The van der Waals surface area contributed by atoms with E-state index < -0.39 is 0 Å². The van der Waals surface area contributed by atoms with E-state index in [9.17, 15) is 4.79 Å². The van der Waals surface area contributed by atoms with Crippen LogP contribution in [0.3, 0.4) is 0 Å². The number of likely N-dealkylation sites (tertiary alicyclic amines) is 1. The average Bonchev–Trinajstić information content (AvgIpc) is 1.94. The van der Waals surface area contributed by atoms with E-state index >= 15 is 0 Å². The molecule has 14 heavy (non-hydrogen) atoms. The minimum absolute atomic E-state index is 0. The summed E-state index contributed by atoms with van der Waals surface area (Å²) in [6.07, 6.45) is 0.113. The summed E-state index contributed by atoms with van der Waals surface area (Å²) in [6.45, 7) is 11.4. The number of quaternary nitrogens is 1. The van der Waals surface area contributed by atoms with Crippen molar-refractivity contribution in [2.75, 3.05) is 13.1 Å². The van der Waals surface area contributed by atoms with E-state index in [1.54, 1.807) is 6.92 Å². The predicted octanol–water partition coefficient (Wildman–Crippen LogP) is -3.21. The lowest BCUT2D eigenvalue weighted by Gasteiger charge is -2.37. The molecular formula is C10H18ClNO2. The summed E-state index contributed by atoms with van der Waals surface area (Å²) < 4.78 is 5.17. The smallest absolute Gasteiger partial charge is 0.333 e. The molecule has 1 N–H and O–H groups in total. The summed E-state index contributed by atoms with van der Waals surface area (Å²) in [6, 6.07) is 0.625. The van der Waals surface area contributed by atoms with Crippen LogP contribution >= 0.6 is 0 Å². The second kappa shape index (κ2) is 5.37. The first-order chi connectivity index (χ1) is 6.00. The summed E-state index contributed by atoms with van der Waals surface area (Å²) in [5.41, 5.74) is 0.484. The minimum Gasteiger partial charge on any atom is -1.00 e. The van der Waals surface area contributed by atoms with Gasteiger partial charge in [0.2, 0.25) is 0 Å². The Morgan fingerprint density at radius 1 is 1.50 bits per heavy atom. The Kier molecular flexibility index (Phi) is 5.16. The highest BCUT2D eigenvalue weighted by Crippen LogP contribution is 2.00. The van der Waals surface area contributed by atoms with Crippen LogP contribution in [0.4, 0.5) is 0 Å². The van der Waals surface area contributed by atoms with Gasteiger partial charge in [0, 0.05) is 5.57 Å². The molecule has 0 aromatic rings. The minimum atomic E-state index is -0.257. The van der Waals surface area contributed by atoms with Crippen LogP contribution in [-0.4, -0.2) is 31.2 Å². The first-order valence-corrected chi connectivity index (χ1v) is 4.71. The van der Waals surface area contributed by atoms with Crippen LogP contribution in [0.5, 0.6) is 0 Å². The third-order valence-corrected chi connectivity index (χ3v) is 2.42. The van der Waals surface area contributed by atoms with Crippen molar-refractivity contribution in [3.63, 3.8) is 0 Å². The number of hydrogen-bond donors (Lipinski definition) is 1. The molecule has 0 amide bonds. The van der Waals surface area contributed by atoms with Crippen molar-refractivity contribution < 1.29 is 26.8 Å². The highest BCUT2D eigenvalue weighted by Gasteiger charge is 2.35. The van der Waals surface area contributed by atoms with Gasteiger partial charge in [-0.25, -0.2) is 4.79 Å². The number of nitrogens with one attached hydrogen (secondary N) is 1. The largest absolute Gasteiger partial charge is 1.00 e. The lowest BCUT2D eigenvalue weighted by atomic mass is 10.1. The average molecular weight is 220 g/mol. The van der Waals surface area contributed by atoms with Gasteiger partial charge in [-0.1, -0.05) is 6.58 Å². The molecule has 1 aliphatic rings. The van der Waals surface area contributed by atoms with E-state index in [0.717, 1.165) is 13.1 Å². The van der Waals surface area contributed by atoms with E-state index in [1.807, 2.05) is 0 Å². The van der Waals surface area contributed by atoms with Gasteiger partial charge < -0.3 is 22.0 Å². The molecule has 1 heterocycles. The zero-order valence-electron chi connectivity index (χ0n) is 8.97. The van der Waals surface area contributed by atoms with Crippen LogP contribution < -0.4 is 17.3 Å². The summed E-state index contributed by atoms with van der Waals surface area (Å²) in [5.74, 6) is -0.257. The molecule has 4 heteroatoms. The van der Waals surface area contributed by atoms with Crippen molar-refractivity contribution >= 4 is 5.97 Å². The van der Waals surface area contributed by atoms with Crippen LogP contribution in [-0.2, 0) is 9.53 Å². The van der Waals surface area contributed by atoms with Crippen LogP contribution in [0.25, 0.3) is 0 Å². The van der Waals surface area contributed by atoms with Gasteiger partial charge in [-0.05, 0) is 20.8 Å². The molecule has 0 bridgehead atoms. The molecule has 3 nitrogen and oxygen atoms in total. The van der Waals surface area contributed by atoms with E-state index in [1.165, 1.54) is 4.90 Å². The molecule has 1 fully saturated rings. The van der Waals surface area contributed by atoms with Crippen molar-refractivity contribution in [3.05, 3.63) is 12.2 Å². The number of esters is 1. The molecular weight excluding hydrogens is 202 g/mol. The Morgan fingerprint density at radius 3 is 2.36 bits per heavy atom. The molecule has 0 aromatic carbocycles.